The van der Waals surface area contributed by atoms with Crippen LogP contribution in [0, 0.1) is 13.8 Å². The summed E-state index contributed by atoms with van der Waals surface area (Å²) < 4.78 is 38.0. The van der Waals surface area contributed by atoms with Crippen LogP contribution in [0.15, 0.2) is 47.5 Å². The number of nitrogens with one attached hydrogen (secondary N) is 1. The molecule has 1 N–H and O–H groups in total. The second-order valence-corrected chi connectivity index (χ2v) is 10.3. The van der Waals surface area contributed by atoms with Crippen molar-refractivity contribution in [2.45, 2.75) is 25.3 Å². The maximum Gasteiger partial charge on any atom is 0.248 e. The highest BCUT2D eigenvalue weighted by Crippen LogP contribution is 2.27. The number of aryl methyl sites for hydroxylation is 2. The summed E-state index contributed by atoms with van der Waals surface area (Å²) in [6.07, 6.45) is 1.64. The van der Waals surface area contributed by atoms with Gasteiger partial charge in [0, 0.05) is 32.7 Å². The maximum atomic E-state index is 13.1. The lowest BCUT2D eigenvalue weighted by atomic mass is 10.1. The second-order valence-electron chi connectivity index (χ2n) is 8.29. The molecule has 1 aromatic heterocycles. The molecular weight excluding hydrogens is 470 g/mol. The fraction of sp³-hybridized carbons (Fsp3) is 0.375. The van der Waals surface area contributed by atoms with E-state index in [2.05, 4.69) is 15.4 Å². The Morgan fingerprint density at radius 3 is 2.31 bits per heavy atom. The number of nitrogens with zero attached hydrogens (tertiary/aromatic N) is 4. The van der Waals surface area contributed by atoms with Crippen LogP contribution in [0.5, 0.6) is 5.75 Å². The fourth-order valence-corrected chi connectivity index (χ4v) is 5.22. The molecule has 0 bridgehead atoms. The van der Waals surface area contributed by atoms with Gasteiger partial charge in [-0.1, -0.05) is 29.5 Å². The van der Waals surface area contributed by atoms with E-state index in [1.807, 2.05) is 24.3 Å². The average Bonchev–Trinajstić information content (AvgIpc) is 3.36. The lowest BCUT2D eigenvalue weighted by molar-refractivity contribution is -0.135. The van der Waals surface area contributed by atoms with Crippen molar-refractivity contribution in [1.29, 1.82) is 0 Å². The van der Waals surface area contributed by atoms with Gasteiger partial charge >= 0.3 is 0 Å². The Hall–Kier alpha value is -3.28. The molecule has 1 heterocycles. The van der Waals surface area contributed by atoms with Crippen LogP contribution in [0.4, 0.5) is 0 Å². The van der Waals surface area contributed by atoms with E-state index in [1.165, 1.54) is 11.4 Å². The van der Waals surface area contributed by atoms with Crippen LogP contribution in [-0.2, 0) is 26.1 Å². The lowest BCUT2D eigenvalue weighted by Gasteiger charge is -2.21. The fourth-order valence-electron chi connectivity index (χ4n) is 3.66. The van der Waals surface area contributed by atoms with Crippen molar-refractivity contribution in [2.24, 2.45) is 0 Å². The van der Waals surface area contributed by atoms with Crippen molar-refractivity contribution < 1.29 is 22.7 Å². The third kappa shape index (κ3) is 6.44. The normalized spacial score (nSPS) is 11.6. The quantitative estimate of drug-likeness (QED) is 0.401. The minimum atomic E-state index is -3.71. The van der Waals surface area contributed by atoms with Gasteiger partial charge in [0.25, 0.3) is 0 Å². The number of H-pyrrole nitrogens is 1. The molecule has 0 radical (unpaired) electrons. The summed E-state index contributed by atoms with van der Waals surface area (Å²) in [4.78, 5) is 14.3. The number of sulfonamides is 1. The highest BCUT2D eigenvalue weighted by molar-refractivity contribution is 7.89. The number of carbonyl (C=O) groups is 1. The number of ether oxygens (including phenoxy) is 2. The molecule has 0 aliphatic rings. The van der Waals surface area contributed by atoms with Gasteiger partial charge in [-0.2, -0.15) is 4.31 Å². The number of aromatic amines is 1. The molecule has 3 aromatic rings. The van der Waals surface area contributed by atoms with Crippen LogP contribution in [0.2, 0.25) is 0 Å². The van der Waals surface area contributed by atoms with Gasteiger partial charge in [-0.3, -0.25) is 9.89 Å². The SMILES string of the molecule is COc1cc(C)c(S(=O)(=O)N(C)CCOCC(=O)N(C)Cc2ccc(-c3cnn[nH]3)cc2)c(C)c1. The molecule has 0 saturated heterocycles. The van der Waals surface area contributed by atoms with Gasteiger partial charge in [-0.15, -0.1) is 5.10 Å². The summed E-state index contributed by atoms with van der Waals surface area (Å²) in [5, 5.41) is 10.3. The van der Waals surface area contributed by atoms with E-state index < -0.39 is 10.0 Å². The van der Waals surface area contributed by atoms with Crippen LogP contribution >= 0.6 is 0 Å². The Labute approximate surface area is 205 Å². The summed E-state index contributed by atoms with van der Waals surface area (Å²) in [7, 11) is 1.03. The summed E-state index contributed by atoms with van der Waals surface area (Å²) in [6.45, 7) is 3.98. The third-order valence-corrected chi connectivity index (χ3v) is 7.80. The summed E-state index contributed by atoms with van der Waals surface area (Å²) >= 11 is 0. The summed E-state index contributed by atoms with van der Waals surface area (Å²) in [5.41, 5.74) is 3.96. The Morgan fingerprint density at radius 2 is 1.74 bits per heavy atom. The van der Waals surface area contributed by atoms with E-state index in [9.17, 15) is 13.2 Å². The molecule has 10 nitrogen and oxygen atoms in total. The predicted octanol–water partition coefficient (Wildman–Crippen LogP) is 2.39. The van der Waals surface area contributed by atoms with Crippen LogP contribution in [0.1, 0.15) is 16.7 Å². The van der Waals surface area contributed by atoms with Crippen molar-refractivity contribution in [3.8, 4) is 17.0 Å². The molecular formula is C24H31N5O5S. The van der Waals surface area contributed by atoms with Gasteiger partial charge in [0.2, 0.25) is 15.9 Å². The van der Waals surface area contributed by atoms with E-state index in [0.29, 0.717) is 23.4 Å². The van der Waals surface area contributed by atoms with Crippen molar-refractivity contribution in [2.75, 3.05) is 41.0 Å². The first-order valence-corrected chi connectivity index (χ1v) is 12.5. The van der Waals surface area contributed by atoms with E-state index in [-0.39, 0.29) is 30.6 Å². The molecule has 11 heteroatoms. The van der Waals surface area contributed by atoms with Crippen molar-refractivity contribution >= 4 is 15.9 Å². The lowest BCUT2D eigenvalue weighted by Crippen LogP contribution is -2.33. The Balaban J connectivity index is 1.48. The molecule has 0 atom stereocenters. The number of methoxy groups -OCH3 is 1. The molecule has 1 amide bonds. The number of hydrogen-bond acceptors (Lipinski definition) is 7. The molecule has 188 valence electrons. The number of carbonyl (C=O) groups excluding carboxylic acids is 1. The predicted molar refractivity (Wildman–Crippen MR) is 131 cm³/mol. The van der Waals surface area contributed by atoms with Crippen molar-refractivity contribution in [3.63, 3.8) is 0 Å². The largest absolute Gasteiger partial charge is 0.497 e. The number of benzene rings is 2. The first-order valence-electron chi connectivity index (χ1n) is 11.0. The minimum absolute atomic E-state index is 0.0937. The monoisotopic (exact) mass is 501 g/mol. The second kappa shape index (κ2) is 11.4. The topological polar surface area (TPSA) is 118 Å². The van der Waals surface area contributed by atoms with Gasteiger partial charge in [-0.25, -0.2) is 8.42 Å². The van der Waals surface area contributed by atoms with E-state index in [4.69, 9.17) is 9.47 Å². The average molecular weight is 502 g/mol. The number of likely N-dealkylation sites (N-methyl/N-ethyl adjacent to an activating group) is 2. The Morgan fingerprint density at radius 1 is 1.09 bits per heavy atom. The molecule has 0 saturated carbocycles. The van der Waals surface area contributed by atoms with Gasteiger partial charge in [-0.05, 0) is 42.7 Å². The van der Waals surface area contributed by atoms with Gasteiger partial charge in [0.15, 0.2) is 0 Å². The summed E-state index contributed by atoms with van der Waals surface area (Å²) in [5.74, 6) is 0.415. The van der Waals surface area contributed by atoms with Crippen LogP contribution < -0.4 is 4.74 Å². The maximum absolute atomic E-state index is 13.1. The van der Waals surface area contributed by atoms with Gasteiger partial charge in [0.05, 0.1) is 30.5 Å². The molecule has 0 spiro atoms. The first kappa shape index (κ1) is 26.3. The smallest absolute Gasteiger partial charge is 0.248 e. The molecule has 0 aliphatic heterocycles. The zero-order chi connectivity index (χ0) is 25.6. The van der Waals surface area contributed by atoms with Crippen LogP contribution in [0.25, 0.3) is 11.3 Å². The molecule has 0 fully saturated rings. The van der Waals surface area contributed by atoms with Gasteiger partial charge in [0.1, 0.15) is 12.4 Å². The molecule has 0 aliphatic carbocycles. The van der Waals surface area contributed by atoms with E-state index in [1.54, 1.807) is 51.2 Å². The Bertz CT molecular complexity index is 1220. The number of hydrogen-bond donors (Lipinski definition) is 1. The molecule has 35 heavy (non-hydrogen) atoms. The van der Waals surface area contributed by atoms with Crippen molar-refractivity contribution in [1.82, 2.24) is 24.6 Å². The highest BCUT2D eigenvalue weighted by Gasteiger charge is 2.25. The van der Waals surface area contributed by atoms with Crippen LogP contribution in [0.3, 0.4) is 0 Å². The number of rotatable bonds is 11. The highest BCUT2D eigenvalue weighted by atomic mass is 32.2. The standard InChI is InChI=1S/C24H31N5O5S/c1-17-12-21(33-5)13-18(2)24(17)35(31,32)29(4)10-11-34-16-23(30)28(3)15-19-6-8-20(9-7-19)22-14-25-27-26-22/h6-9,12-14H,10-11,15-16H2,1-5H3,(H,25,26,27). The first-order chi connectivity index (χ1) is 16.6. The van der Waals surface area contributed by atoms with Crippen molar-refractivity contribution in [3.05, 3.63) is 59.3 Å². The van der Waals surface area contributed by atoms with E-state index in [0.717, 1.165) is 16.8 Å². The summed E-state index contributed by atoms with van der Waals surface area (Å²) in [6, 6.07) is 11.1. The molecule has 3 rings (SSSR count). The molecule has 0 unspecified atom stereocenters. The molecule has 2 aromatic carbocycles. The zero-order valence-electron chi connectivity index (χ0n) is 20.6. The number of aromatic nitrogens is 3. The zero-order valence-corrected chi connectivity index (χ0v) is 21.4. The third-order valence-electron chi connectivity index (χ3n) is 5.64. The number of amides is 1. The minimum Gasteiger partial charge on any atom is -0.497 e. The Kier molecular flexibility index (Phi) is 8.60. The van der Waals surface area contributed by atoms with E-state index >= 15 is 0 Å². The van der Waals surface area contributed by atoms with Crippen LogP contribution in [-0.4, -0.2) is 79.9 Å². The van der Waals surface area contributed by atoms with Gasteiger partial charge < -0.3 is 14.4 Å².